The average molecular weight is 262 g/mol. The van der Waals surface area contributed by atoms with Crippen LogP contribution in [0.1, 0.15) is 6.42 Å². The maximum atomic E-state index is 12.1. The van der Waals surface area contributed by atoms with Gasteiger partial charge in [0.25, 0.3) is 10.0 Å². The Labute approximate surface area is 98.8 Å². The van der Waals surface area contributed by atoms with Gasteiger partial charge in [-0.1, -0.05) is 6.07 Å². The van der Waals surface area contributed by atoms with E-state index in [9.17, 15) is 8.42 Å². The Morgan fingerprint density at radius 1 is 1.62 bits per heavy atom. The third-order valence-electron chi connectivity index (χ3n) is 2.67. The second-order valence-corrected chi connectivity index (χ2v) is 6.90. The van der Waals surface area contributed by atoms with Gasteiger partial charge in [0.15, 0.2) is 0 Å². The van der Waals surface area contributed by atoms with Crippen molar-refractivity contribution in [3.63, 3.8) is 0 Å². The summed E-state index contributed by atoms with van der Waals surface area (Å²) in [6, 6.07) is 3.38. The molecule has 1 aromatic heterocycles. The zero-order valence-corrected chi connectivity index (χ0v) is 10.3. The molecule has 5 nitrogen and oxygen atoms in total. The van der Waals surface area contributed by atoms with E-state index < -0.39 is 10.0 Å². The maximum absolute atomic E-state index is 12.1. The Morgan fingerprint density at radius 2 is 2.44 bits per heavy atom. The van der Waals surface area contributed by atoms with Gasteiger partial charge < -0.3 is 4.84 Å². The lowest BCUT2D eigenvalue weighted by atomic mass is 10.1. The van der Waals surface area contributed by atoms with Crippen molar-refractivity contribution in [1.82, 2.24) is 4.31 Å². The minimum absolute atomic E-state index is 0.208. The van der Waals surface area contributed by atoms with Gasteiger partial charge in [-0.05, 0) is 23.8 Å². The highest BCUT2D eigenvalue weighted by molar-refractivity contribution is 7.91. The van der Waals surface area contributed by atoms with E-state index in [1.54, 1.807) is 17.5 Å². The van der Waals surface area contributed by atoms with E-state index in [0.29, 0.717) is 23.9 Å². The highest BCUT2D eigenvalue weighted by Crippen LogP contribution is 2.26. The molecule has 16 heavy (non-hydrogen) atoms. The second kappa shape index (κ2) is 4.80. The third-order valence-corrected chi connectivity index (χ3v) is 5.91. The van der Waals surface area contributed by atoms with Crippen LogP contribution in [0.4, 0.5) is 0 Å². The zero-order chi connectivity index (χ0) is 11.6. The number of sulfonamides is 1. The van der Waals surface area contributed by atoms with Crippen molar-refractivity contribution < 1.29 is 13.3 Å². The summed E-state index contributed by atoms with van der Waals surface area (Å²) in [5.41, 5.74) is 0. The average Bonchev–Trinajstić information content (AvgIpc) is 2.88. The first-order valence-corrected chi connectivity index (χ1v) is 7.32. The molecule has 2 N–H and O–H groups in total. The van der Waals surface area contributed by atoms with Gasteiger partial charge in [0, 0.05) is 13.1 Å². The van der Waals surface area contributed by atoms with Crippen molar-refractivity contribution in [2.24, 2.45) is 11.8 Å². The molecule has 0 aliphatic carbocycles. The Bertz CT molecular complexity index is 430. The van der Waals surface area contributed by atoms with E-state index in [2.05, 4.69) is 4.84 Å². The predicted molar refractivity (Wildman–Crippen MR) is 61.3 cm³/mol. The lowest BCUT2D eigenvalue weighted by Crippen LogP contribution is -2.29. The number of nitrogens with two attached hydrogens (primary N) is 1. The Morgan fingerprint density at radius 3 is 3.06 bits per heavy atom. The first-order valence-electron chi connectivity index (χ1n) is 5.00. The van der Waals surface area contributed by atoms with E-state index in [0.717, 1.165) is 6.42 Å². The molecule has 1 aromatic rings. The number of thiophene rings is 1. The number of hydrogen-bond donors (Lipinski definition) is 1. The molecule has 2 heterocycles. The number of rotatable bonds is 4. The second-order valence-electron chi connectivity index (χ2n) is 3.78. The van der Waals surface area contributed by atoms with Crippen LogP contribution in [-0.4, -0.2) is 32.4 Å². The minimum Gasteiger partial charge on any atom is -0.304 e. The van der Waals surface area contributed by atoms with Crippen LogP contribution in [0.15, 0.2) is 21.7 Å². The minimum atomic E-state index is -3.29. The molecule has 0 spiro atoms. The van der Waals surface area contributed by atoms with Gasteiger partial charge in [-0.15, -0.1) is 11.3 Å². The molecule has 0 aromatic carbocycles. The Kier molecular flexibility index (Phi) is 3.60. The highest BCUT2D eigenvalue weighted by Gasteiger charge is 2.32. The van der Waals surface area contributed by atoms with Crippen LogP contribution in [0.5, 0.6) is 0 Å². The SMILES string of the molecule is NOCC1CCN(S(=O)(=O)c2cccs2)C1. The first-order chi connectivity index (χ1) is 7.64. The van der Waals surface area contributed by atoms with Crippen LogP contribution in [0.3, 0.4) is 0 Å². The van der Waals surface area contributed by atoms with Crippen molar-refractivity contribution in [2.75, 3.05) is 19.7 Å². The predicted octanol–water partition coefficient (Wildman–Crippen LogP) is 0.649. The molecule has 7 heteroatoms. The van der Waals surface area contributed by atoms with Gasteiger partial charge in [-0.25, -0.2) is 14.3 Å². The van der Waals surface area contributed by atoms with Crippen molar-refractivity contribution in [3.05, 3.63) is 17.5 Å². The van der Waals surface area contributed by atoms with Crippen molar-refractivity contribution in [1.29, 1.82) is 0 Å². The van der Waals surface area contributed by atoms with Gasteiger partial charge in [0.05, 0.1) is 6.61 Å². The molecular weight excluding hydrogens is 248 g/mol. The van der Waals surface area contributed by atoms with Gasteiger partial charge in [0.1, 0.15) is 4.21 Å². The number of nitrogens with zero attached hydrogens (tertiary/aromatic N) is 1. The third kappa shape index (κ3) is 2.28. The molecule has 1 fully saturated rings. The normalized spacial score (nSPS) is 22.7. The fourth-order valence-electron chi connectivity index (χ4n) is 1.83. The van der Waals surface area contributed by atoms with Crippen LogP contribution >= 0.6 is 11.3 Å². The van der Waals surface area contributed by atoms with E-state index in [-0.39, 0.29) is 5.92 Å². The molecule has 1 unspecified atom stereocenters. The molecule has 1 atom stereocenters. The van der Waals surface area contributed by atoms with Gasteiger partial charge >= 0.3 is 0 Å². The van der Waals surface area contributed by atoms with Crippen LogP contribution in [-0.2, 0) is 14.9 Å². The smallest absolute Gasteiger partial charge is 0.252 e. The molecule has 0 bridgehead atoms. The largest absolute Gasteiger partial charge is 0.304 e. The molecule has 0 amide bonds. The fraction of sp³-hybridized carbons (Fsp3) is 0.556. The van der Waals surface area contributed by atoms with E-state index >= 15 is 0 Å². The summed E-state index contributed by atoms with van der Waals surface area (Å²) in [5, 5.41) is 1.77. The van der Waals surface area contributed by atoms with Crippen LogP contribution in [0.2, 0.25) is 0 Å². The first kappa shape index (κ1) is 12.0. The van der Waals surface area contributed by atoms with E-state index in [1.807, 2.05) is 0 Å². The Hall–Kier alpha value is -0.470. The molecule has 1 aliphatic rings. The fourth-order valence-corrected chi connectivity index (χ4v) is 4.50. The maximum Gasteiger partial charge on any atom is 0.252 e. The monoisotopic (exact) mass is 262 g/mol. The quantitative estimate of drug-likeness (QED) is 0.809. The standard InChI is InChI=1S/C9H14N2O3S2/c10-14-7-8-3-4-11(6-8)16(12,13)9-2-1-5-15-9/h1-2,5,8H,3-4,6-7,10H2. The van der Waals surface area contributed by atoms with Gasteiger partial charge in [-0.2, -0.15) is 4.31 Å². The molecule has 0 saturated carbocycles. The Balaban J connectivity index is 2.10. The summed E-state index contributed by atoms with van der Waals surface area (Å²) in [5.74, 6) is 5.20. The van der Waals surface area contributed by atoms with Gasteiger partial charge in [-0.3, -0.25) is 0 Å². The molecule has 1 saturated heterocycles. The lowest BCUT2D eigenvalue weighted by Gasteiger charge is -2.14. The molecule has 1 aliphatic heterocycles. The van der Waals surface area contributed by atoms with Crippen LogP contribution in [0.25, 0.3) is 0 Å². The molecular formula is C9H14N2O3S2. The summed E-state index contributed by atoms with van der Waals surface area (Å²) in [7, 11) is -3.29. The molecule has 90 valence electrons. The van der Waals surface area contributed by atoms with Crippen molar-refractivity contribution in [2.45, 2.75) is 10.6 Å². The lowest BCUT2D eigenvalue weighted by molar-refractivity contribution is 0.106. The van der Waals surface area contributed by atoms with Crippen molar-refractivity contribution in [3.8, 4) is 0 Å². The highest BCUT2D eigenvalue weighted by atomic mass is 32.2. The summed E-state index contributed by atoms with van der Waals surface area (Å²) in [6.07, 6.45) is 0.807. The van der Waals surface area contributed by atoms with E-state index in [4.69, 9.17) is 5.90 Å². The van der Waals surface area contributed by atoms with Crippen molar-refractivity contribution >= 4 is 21.4 Å². The summed E-state index contributed by atoms with van der Waals surface area (Å²) in [4.78, 5) is 4.56. The van der Waals surface area contributed by atoms with Crippen LogP contribution < -0.4 is 5.90 Å². The molecule has 0 radical (unpaired) electrons. The summed E-state index contributed by atoms with van der Waals surface area (Å²) >= 11 is 1.25. The summed E-state index contributed by atoms with van der Waals surface area (Å²) in [6.45, 7) is 1.46. The summed E-state index contributed by atoms with van der Waals surface area (Å²) < 4.78 is 26.1. The molecule has 2 rings (SSSR count). The van der Waals surface area contributed by atoms with E-state index in [1.165, 1.54) is 15.6 Å². The number of hydrogen-bond acceptors (Lipinski definition) is 5. The topological polar surface area (TPSA) is 72.6 Å². The zero-order valence-electron chi connectivity index (χ0n) is 8.70. The van der Waals surface area contributed by atoms with Crippen LogP contribution in [0, 0.1) is 5.92 Å². The van der Waals surface area contributed by atoms with Gasteiger partial charge in [0.2, 0.25) is 0 Å².